The van der Waals surface area contributed by atoms with E-state index in [1.54, 1.807) is 0 Å². The smallest absolute Gasteiger partial charge is 0.0746 e. The predicted molar refractivity (Wildman–Crippen MR) is 91.1 cm³/mol. The normalized spacial score (nSPS) is 12.5. The Labute approximate surface area is 133 Å². The van der Waals surface area contributed by atoms with Crippen molar-refractivity contribution < 1.29 is 0 Å². The zero-order valence-corrected chi connectivity index (χ0v) is 13.5. The van der Waals surface area contributed by atoms with Crippen molar-refractivity contribution in [3.63, 3.8) is 0 Å². The number of halogens is 1. The van der Waals surface area contributed by atoms with Crippen molar-refractivity contribution in [3.8, 4) is 0 Å². The Bertz CT molecular complexity index is 750. The third-order valence-electron chi connectivity index (χ3n) is 3.66. The molecule has 0 spiro atoms. The van der Waals surface area contributed by atoms with Gasteiger partial charge < -0.3 is 5.32 Å². The standard InChI is InChI=1S/C18H17BrN2/c1-13(15-6-3-9-17(19)11-15)21-12-16-7-2-5-14-8-4-10-20-18(14)16/h2-11,13,21H,12H2,1H3/t13-/m0/s1. The molecule has 3 rings (SSSR count). The molecule has 0 bridgehead atoms. The third kappa shape index (κ3) is 3.31. The number of benzene rings is 2. The Kier molecular flexibility index (Phi) is 4.32. The van der Waals surface area contributed by atoms with Gasteiger partial charge in [-0.2, -0.15) is 0 Å². The number of hydrogen-bond acceptors (Lipinski definition) is 2. The largest absolute Gasteiger partial charge is 0.306 e. The second-order valence-electron chi connectivity index (χ2n) is 5.15. The van der Waals surface area contributed by atoms with Crippen molar-refractivity contribution in [2.45, 2.75) is 19.5 Å². The Balaban J connectivity index is 1.77. The van der Waals surface area contributed by atoms with Crippen LogP contribution in [-0.4, -0.2) is 4.98 Å². The SMILES string of the molecule is C[C@H](NCc1cccc2cccnc12)c1cccc(Br)c1. The van der Waals surface area contributed by atoms with Crippen LogP contribution in [-0.2, 0) is 6.54 Å². The summed E-state index contributed by atoms with van der Waals surface area (Å²) in [6.45, 7) is 2.99. The Morgan fingerprint density at radius 3 is 2.76 bits per heavy atom. The quantitative estimate of drug-likeness (QED) is 0.734. The van der Waals surface area contributed by atoms with Gasteiger partial charge in [0.05, 0.1) is 5.52 Å². The molecule has 2 nitrogen and oxygen atoms in total. The summed E-state index contributed by atoms with van der Waals surface area (Å²) < 4.78 is 1.11. The van der Waals surface area contributed by atoms with Gasteiger partial charge in [-0.3, -0.25) is 4.98 Å². The summed E-state index contributed by atoms with van der Waals surface area (Å²) in [4.78, 5) is 4.50. The van der Waals surface area contributed by atoms with E-state index < -0.39 is 0 Å². The van der Waals surface area contributed by atoms with Crippen molar-refractivity contribution in [1.82, 2.24) is 10.3 Å². The van der Waals surface area contributed by atoms with Gasteiger partial charge in [0, 0.05) is 28.6 Å². The fraction of sp³-hybridized carbons (Fsp3) is 0.167. The highest BCUT2D eigenvalue weighted by Gasteiger charge is 2.07. The molecule has 0 radical (unpaired) electrons. The Hall–Kier alpha value is -1.71. The van der Waals surface area contributed by atoms with Gasteiger partial charge in [-0.05, 0) is 36.2 Å². The minimum absolute atomic E-state index is 0.293. The van der Waals surface area contributed by atoms with Crippen LogP contribution in [0.3, 0.4) is 0 Å². The molecule has 2 aromatic carbocycles. The van der Waals surface area contributed by atoms with Gasteiger partial charge >= 0.3 is 0 Å². The highest BCUT2D eigenvalue weighted by atomic mass is 79.9. The fourth-order valence-corrected chi connectivity index (χ4v) is 2.88. The molecule has 3 heteroatoms. The van der Waals surface area contributed by atoms with Crippen LogP contribution in [0.5, 0.6) is 0 Å². The number of aromatic nitrogens is 1. The van der Waals surface area contributed by atoms with E-state index in [-0.39, 0.29) is 0 Å². The van der Waals surface area contributed by atoms with Gasteiger partial charge in [0.2, 0.25) is 0 Å². The van der Waals surface area contributed by atoms with E-state index in [1.807, 2.05) is 18.3 Å². The lowest BCUT2D eigenvalue weighted by atomic mass is 10.1. The van der Waals surface area contributed by atoms with Crippen molar-refractivity contribution >= 4 is 26.8 Å². The lowest BCUT2D eigenvalue weighted by Gasteiger charge is -2.15. The average molecular weight is 341 g/mol. The third-order valence-corrected chi connectivity index (χ3v) is 4.16. The molecule has 0 aliphatic carbocycles. The van der Waals surface area contributed by atoms with Gasteiger partial charge in [0.25, 0.3) is 0 Å². The maximum atomic E-state index is 4.50. The second kappa shape index (κ2) is 6.37. The molecule has 0 saturated heterocycles. The number of nitrogens with one attached hydrogen (secondary N) is 1. The Morgan fingerprint density at radius 1 is 1.10 bits per heavy atom. The van der Waals surface area contributed by atoms with Crippen molar-refractivity contribution in [1.29, 1.82) is 0 Å². The summed E-state index contributed by atoms with van der Waals surface area (Å²) in [5.41, 5.74) is 3.58. The van der Waals surface area contributed by atoms with E-state index in [4.69, 9.17) is 0 Å². The molecule has 3 aromatic rings. The van der Waals surface area contributed by atoms with Crippen molar-refractivity contribution in [3.05, 3.63) is 76.4 Å². The number of rotatable bonds is 4. The van der Waals surface area contributed by atoms with Crippen LogP contribution in [0, 0.1) is 0 Å². The maximum Gasteiger partial charge on any atom is 0.0746 e. The number of nitrogens with zero attached hydrogens (tertiary/aromatic N) is 1. The topological polar surface area (TPSA) is 24.9 Å². The van der Waals surface area contributed by atoms with Crippen LogP contribution in [0.25, 0.3) is 10.9 Å². The molecule has 1 aromatic heterocycles. The zero-order valence-electron chi connectivity index (χ0n) is 11.9. The summed E-state index contributed by atoms with van der Waals surface area (Å²) in [6, 6.07) is 19.1. The minimum atomic E-state index is 0.293. The van der Waals surface area contributed by atoms with Gasteiger partial charge in [-0.15, -0.1) is 0 Å². The van der Waals surface area contributed by atoms with E-state index in [9.17, 15) is 0 Å². The van der Waals surface area contributed by atoms with Crippen LogP contribution >= 0.6 is 15.9 Å². The first-order valence-corrected chi connectivity index (χ1v) is 7.85. The summed E-state index contributed by atoms with van der Waals surface area (Å²) in [5.74, 6) is 0. The molecule has 0 amide bonds. The second-order valence-corrected chi connectivity index (χ2v) is 6.07. The first-order valence-electron chi connectivity index (χ1n) is 7.05. The Morgan fingerprint density at radius 2 is 1.90 bits per heavy atom. The molecule has 21 heavy (non-hydrogen) atoms. The van der Waals surface area contributed by atoms with E-state index in [1.165, 1.54) is 16.5 Å². The summed E-state index contributed by atoms with van der Waals surface area (Å²) in [7, 11) is 0. The van der Waals surface area contributed by atoms with Crippen LogP contribution in [0.1, 0.15) is 24.1 Å². The molecule has 0 aliphatic heterocycles. The van der Waals surface area contributed by atoms with E-state index in [0.29, 0.717) is 6.04 Å². The van der Waals surface area contributed by atoms with Gasteiger partial charge in [0.1, 0.15) is 0 Å². The lowest BCUT2D eigenvalue weighted by molar-refractivity contribution is 0.576. The molecular formula is C18H17BrN2. The average Bonchev–Trinajstić information content (AvgIpc) is 2.52. The number of para-hydroxylation sites is 1. The maximum absolute atomic E-state index is 4.50. The zero-order chi connectivity index (χ0) is 14.7. The van der Waals surface area contributed by atoms with Crippen LogP contribution < -0.4 is 5.32 Å². The van der Waals surface area contributed by atoms with Crippen LogP contribution in [0.4, 0.5) is 0 Å². The summed E-state index contributed by atoms with van der Waals surface area (Å²) in [6.07, 6.45) is 1.85. The number of pyridine rings is 1. The predicted octanol–water partition coefficient (Wildman–Crippen LogP) is 4.85. The number of hydrogen-bond donors (Lipinski definition) is 1. The molecule has 0 saturated carbocycles. The fourth-order valence-electron chi connectivity index (χ4n) is 2.47. The highest BCUT2D eigenvalue weighted by molar-refractivity contribution is 9.10. The van der Waals surface area contributed by atoms with Crippen molar-refractivity contribution in [2.24, 2.45) is 0 Å². The molecule has 106 valence electrons. The molecule has 0 fully saturated rings. The first kappa shape index (κ1) is 14.2. The van der Waals surface area contributed by atoms with Gasteiger partial charge in [-0.1, -0.05) is 52.3 Å². The molecule has 0 aliphatic rings. The first-order chi connectivity index (χ1) is 10.2. The van der Waals surface area contributed by atoms with Crippen LogP contribution in [0.15, 0.2) is 65.3 Å². The van der Waals surface area contributed by atoms with E-state index >= 15 is 0 Å². The molecule has 1 atom stereocenters. The summed E-state index contributed by atoms with van der Waals surface area (Å²) in [5, 5.41) is 4.76. The van der Waals surface area contributed by atoms with Gasteiger partial charge in [0.15, 0.2) is 0 Å². The molecule has 1 heterocycles. The number of fused-ring (bicyclic) bond motifs is 1. The molecular weight excluding hydrogens is 324 g/mol. The van der Waals surface area contributed by atoms with Gasteiger partial charge in [-0.25, -0.2) is 0 Å². The van der Waals surface area contributed by atoms with Crippen molar-refractivity contribution in [2.75, 3.05) is 0 Å². The molecule has 1 N–H and O–H groups in total. The van der Waals surface area contributed by atoms with E-state index in [0.717, 1.165) is 16.5 Å². The minimum Gasteiger partial charge on any atom is -0.306 e. The van der Waals surface area contributed by atoms with Crippen LogP contribution in [0.2, 0.25) is 0 Å². The van der Waals surface area contributed by atoms with E-state index in [2.05, 4.69) is 75.6 Å². The summed E-state index contributed by atoms with van der Waals surface area (Å²) >= 11 is 3.52. The highest BCUT2D eigenvalue weighted by Crippen LogP contribution is 2.20. The molecule has 0 unspecified atom stereocenters. The monoisotopic (exact) mass is 340 g/mol. The lowest BCUT2D eigenvalue weighted by Crippen LogP contribution is -2.18.